The van der Waals surface area contributed by atoms with Crippen LogP contribution in [0.2, 0.25) is 5.02 Å². The number of benzene rings is 1. The van der Waals surface area contributed by atoms with Crippen LogP contribution in [0.3, 0.4) is 0 Å². The molecule has 2 rings (SSSR count). The van der Waals surface area contributed by atoms with Crippen molar-refractivity contribution in [2.75, 3.05) is 7.11 Å². The number of rotatable bonds is 3. The molecule has 0 N–H and O–H groups in total. The molecular weight excluding hydrogens is 285 g/mol. The third kappa shape index (κ3) is 2.62. The molecule has 5 heteroatoms. The van der Waals surface area contributed by atoms with E-state index in [1.807, 2.05) is 12.1 Å². The molecule has 0 fully saturated rings. The number of alkyl halides is 1. The van der Waals surface area contributed by atoms with Crippen molar-refractivity contribution in [1.82, 2.24) is 4.57 Å². The zero-order valence-electron chi connectivity index (χ0n) is 10.6. The monoisotopic (exact) mass is 297 g/mol. The maximum absolute atomic E-state index is 12.0. The van der Waals surface area contributed by atoms with Crippen LogP contribution in [0.25, 0.3) is 11.3 Å². The van der Waals surface area contributed by atoms with E-state index < -0.39 is 0 Å². The molecule has 1 heterocycles. The molecule has 0 bridgehead atoms. The normalized spacial score (nSPS) is 10.5. The Hall–Kier alpha value is -1.45. The van der Waals surface area contributed by atoms with Crippen molar-refractivity contribution in [3.05, 3.63) is 51.3 Å². The van der Waals surface area contributed by atoms with Gasteiger partial charge in [-0.15, -0.1) is 11.6 Å². The highest BCUT2D eigenvalue weighted by atomic mass is 35.5. The fourth-order valence-electron chi connectivity index (χ4n) is 1.90. The lowest BCUT2D eigenvalue weighted by molar-refractivity contribution is 0.415. The summed E-state index contributed by atoms with van der Waals surface area (Å²) in [7, 11) is 3.28. The second kappa shape index (κ2) is 5.68. The molecule has 0 saturated heterocycles. The largest absolute Gasteiger partial charge is 0.495 e. The van der Waals surface area contributed by atoms with Gasteiger partial charge >= 0.3 is 0 Å². The topological polar surface area (TPSA) is 31.2 Å². The first kappa shape index (κ1) is 14.0. The number of nitrogens with zero attached hydrogens (tertiary/aromatic N) is 1. The summed E-state index contributed by atoms with van der Waals surface area (Å²) in [5.74, 6) is 0.809. The zero-order chi connectivity index (χ0) is 14.0. The zero-order valence-corrected chi connectivity index (χ0v) is 12.1. The summed E-state index contributed by atoms with van der Waals surface area (Å²) >= 11 is 11.8. The molecule has 0 aliphatic rings. The van der Waals surface area contributed by atoms with Crippen LogP contribution in [-0.4, -0.2) is 11.7 Å². The summed E-state index contributed by atoms with van der Waals surface area (Å²) in [6, 6.07) is 9.01. The van der Waals surface area contributed by atoms with Crippen LogP contribution in [0.1, 0.15) is 5.56 Å². The van der Waals surface area contributed by atoms with Gasteiger partial charge in [-0.25, -0.2) is 0 Å². The Bertz CT molecular complexity index is 665. The van der Waals surface area contributed by atoms with Gasteiger partial charge in [0.05, 0.1) is 23.7 Å². The predicted molar refractivity (Wildman–Crippen MR) is 78.2 cm³/mol. The molecule has 0 spiro atoms. The number of hydrogen-bond donors (Lipinski definition) is 0. The van der Waals surface area contributed by atoms with Gasteiger partial charge in [-0.2, -0.15) is 0 Å². The van der Waals surface area contributed by atoms with Gasteiger partial charge in [-0.1, -0.05) is 17.7 Å². The van der Waals surface area contributed by atoms with Gasteiger partial charge < -0.3 is 9.30 Å². The molecule has 0 atom stereocenters. The van der Waals surface area contributed by atoms with Crippen molar-refractivity contribution in [3.63, 3.8) is 0 Å². The third-order valence-electron chi connectivity index (χ3n) is 2.97. The Morgan fingerprint density at radius 3 is 2.58 bits per heavy atom. The van der Waals surface area contributed by atoms with Gasteiger partial charge in [-0.3, -0.25) is 4.79 Å². The van der Waals surface area contributed by atoms with Crippen LogP contribution >= 0.6 is 23.2 Å². The number of ether oxygens (including phenoxy) is 1. The van der Waals surface area contributed by atoms with Crippen molar-refractivity contribution in [2.24, 2.45) is 7.05 Å². The Labute approximate surface area is 121 Å². The molecule has 19 heavy (non-hydrogen) atoms. The quantitative estimate of drug-likeness (QED) is 0.813. The first-order valence-corrected chi connectivity index (χ1v) is 6.58. The number of aromatic nitrogens is 1. The van der Waals surface area contributed by atoms with E-state index in [0.29, 0.717) is 16.3 Å². The van der Waals surface area contributed by atoms with E-state index in [2.05, 4.69) is 0 Å². The lowest BCUT2D eigenvalue weighted by Gasteiger charge is -2.11. The molecule has 2 aromatic rings. The molecule has 3 nitrogen and oxygen atoms in total. The van der Waals surface area contributed by atoms with Crippen LogP contribution < -0.4 is 10.3 Å². The van der Waals surface area contributed by atoms with E-state index >= 15 is 0 Å². The van der Waals surface area contributed by atoms with E-state index in [-0.39, 0.29) is 11.4 Å². The van der Waals surface area contributed by atoms with Crippen LogP contribution in [0, 0.1) is 0 Å². The maximum Gasteiger partial charge on any atom is 0.255 e. The van der Waals surface area contributed by atoms with E-state index in [1.165, 1.54) is 0 Å². The number of pyridine rings is 1. The smallest absolute Gasteiger partial charge is 0.255 e. The lowest BCUT2D eigenvalue weighted by Crippen LogP contribution is -2.21. The average molecular weight is 298 g/mol. The van der Waals surface area contributed by atoms with Gasteiger partial charge in [-0.05, 0) is 29.8 Å². The summed E-state index contributed by atoms with van der Waals surface area (Å²) in [4.78, 5) is 12.0. The van der Waals surface area contributed by atoms with E-state index in [4.69, 9.17) is 27.9 Å². The Balaban J connectivity index is 2.57. The Kier molecular flexibility index (Phi) is 4.17. The highest BCUT2D eigenvalue weighted by Gasteiger charge is 2.09. The van der Waals surface area contributed by atoms with Gasteiger partial charge in [0.1, 0.15) is 5.75 Å². The average Bonchev–Trinajstić information content (AvgIpc) is 2.41. The molecule has 0 aliphatic heterocycles. The van der Waals surface area contributed by atoms with E-state index in [1.54, 1.807) is 36.9 Å². The fourth-order valence-corrected chi connectivity index (χ4v) is 2.37. The van der Waals surface area contributed by atoms with Gasteiger partial charge in [0, 0.05) is 12.6 Å². The Morgan fingerprint density at radius 1 is 1.26 bits per heavy atom. The van der Waals surface area contributed by atoms with Crippen molar-refractivity contribution in [1.29, 1.82) is 0 Å². The first-order chi connectivity index (χ1) is 9.08. The molecule has 100 valence electrons. The number of halogens is 2. The third-order valence-corrected chi connectivity index (χ3v) is 3.56. The molecule has 0 radical (unpaired) electrons. The summed E-state index contributed by atoms with van der Waals surface area (Å²) in [6.07, 6.45) is 0. The minimum absolute atomic E-state index is 0.0977. The lowest BCUT2D eigenvalue weighted by atomic mass is 10.1. The Morgan fingerprint density at radius 2 is 2.00 bits per heavy atom. The molecule has 0 unspecified atom stereocenters. The minimum atomic E-state index is -0.0977. The number of hydrogen-bond acceptors (Lipinski definition) is 2. The molecule has 0 aliphatic carbocycles. The highest BCUT2D eigenvalue weighted by Crippen LogP contribution is 2.29. The second-order valence-electron chi connectivity index (χ2n) is 4.09. The van der Waals surface area contributed by atoms with Gasteiger partial charge in [0.15, 0.2) is 0 Å². The maximum atomic E-state index is 12.0. The van der Waals surface area contributed by atoms with Crippen molar-refractivity contribution >= 4 is 23.2 Å². The van der Waals surface area contributed by atoms with Crippen molar-refractivity contribution in [3.8, 4) is 17.0 Å². The number of methoxy groups -OCH3 is 1. The molecule has 1 aromatic carbocycles. The molecular formula is C14H13Cl2NO2. The van der Waals surface area contributed by atoms with E-state index in [9.17, 15) is 4.79 Å². The fraction of sp³-hybridized carbons (Fsp3) is 0.214. The molecule has 0 amide bonds. The van der Waals surface area contributed by atoms with Crippen LogP contribution in [0.4, 0.5) is 0 Å². The van der Waals surface area contributed by atoms with Crippen LogP contribution in [0.15, 0.2) is 35.1 Å². The second-order valence-corrected chi connectivity index (χ2v) is 4.77. The van der Waals surface area contributed by atoms with E-state index in [0.717, 1.165) is 11.3 Å². The summed E-state index contributed by atoms with van der Waals surface area (Å²) in [5.41, 5.74) is 2.11. The minimum Gasteiger partial charge on any atom is -0.495 e. The predicted octanol–water partition coefficient (Wildman–Crippen LogP) is 3.45. The summed E-state index contributed by atoms with van der Waals surface area (Å²) in [5, 5.41) is 0.508. The highest BCUT2D eigenvalue weighted by molar-refractivity contribution is 6.32. The SMILES string of the molecule is COc1ccc(-c2ccc(CCl)c(=O)n2C)cc1Cl. The van der Waals surface area contributed by atoms with Gasteiger partial charge in [0.25, 0.3) is 5.56 Å². The first-order valence-electron chi connectivity index (χ1n) is 5.67. The van der Waals surface area contributed by atoms with Gasteiger partial charge in [0.2, 0.25) is 0 Å². The standard InChI is InChI=1S/C14H13Cl2NO2/c1-17-12(5-3-10(8-15)14(17)18)9-4-6-13(19-2)11(16)7-9/h3-7H,8H2,1-2H3. The molecule has 0 saturated carbocycles. The summed E-state index contributed by atoms with van der Waals surface area (Å²) in [6.45, 7) is 0. The summed E-state index contributed by atoms with van der Waals surface area (Å²) < 4.78 is 6.67. The van der Waals surface area contributed by atoms with Crippen LogP contribution in [-0.2, 0) is 12.9 Å². The van der Waals surface area contributed by atoms with Crippen LogP contribution in [0.5, 0.6) is 5.75 Å². The van der Waals surface area contributed by atoms with Crippen molar-refractivity contribution in [2.45, 2.75) is 5.88 Å². The van der Waals surface area contributed by atoms with Crippen molar-refractivity contribution < 1.29 is 4.74 Å². The molecule has 1 aromatic heterocycles.